The van der Waals surface area contributed by atoms with Gasteiger partial charge in [-0.05, 0) is 92.5 Å². The third-order valence-electron chi connectivity index (χ3n) is 9.54. The van der Waals surface area contributed by atoms with Crippen molar-refractivity contribution in [1.82, 2.24) is 24.2 Å². The predicted molar refractivity (Wildman–Crippen MR) is 170 cm³/mol. The molecule has 1 spiro atoms. The molecule has 0 aliphatic carbocycles. The molecule has 0 radical (unpaired) electrons. The lowest BCUT2D eigenvalue weighted by Crippen LogP contribution is -2.48. The molecule has 6 rings (SSSR count). The van der Waals surface area contributed by atoms with Gasteiger partial charge in [0.15, 0.2) is 0 Å². The summed E-state index contributed by atoms with van der Waals surface area (Å²) in [5, 5.41) is 0. The molecule has 2 aliphatic heterocycles. The molecule has 1 N–H and O–H groups in total. The molecule has 2 aliphatic rings. The topological polar surface area (TPSA) is 112 Å². The van der Waals surface area contributed by atoms with Crippen LogP contribution in [0.3, 0.4) is 0 Å². The Hall–Kier alpha value is -4.03. The summed E-state index contributed by atoms with van der Waals surface area (Å²) in [5.41, 5.74) is 3.12. The van der Waals surface area contributed by atoms with Gasteiger partial charge in [-0.25, -0.2) is 17.8 Å². The number of hydrogen-bond donors (Lipinski definition) is 1. The van der Waals surface area contributed by atoms with Crippen molar-refractivity contribution >= 4 is 32.7 Å². The van der Waals surface area contributed by atoms with Crippen molar-refractivity contribution in [1.29, 1.82) is 0 Å². The Morgan fingerprint density at radius 1 is 1.02 bits per heavy atom. The highest BCUT2D eigenvalue weighted by molar-refractivity contribution is 7.89. The number of sulfonamides is 1. The second-order valence-corrected chi connectivity index (χ2v) is 14.3. The van der Waals surface area contributed by atoms with Crippen LogP contribution in [0.4, 0.5) is 10.1 Å². The molecular formula is C33H39FN6O4S. The molecule has 2 fully saturated rings. The molecule has 0 unspecified atom stereocenters. The van der Waals surface area contributed by atoms with Crippen LogP contribution in [-0.2, 0) is 16.6 Å². The summed E-state index contributed by atoms with van der Waals surface area (Å²) in [5.74, 6) is -0.121. The number of pyridine rings is 1. The van der Waals surface area contributed by atoms with E-state index in [2.05, 4.69) is 19.9 Å². The number of amides is 1. The lowest BCUT2D eigenvalue weighted by molar-refractivity contribution is 0.0513. The Balaban J connectivity index is 1.16. The zero-order valence-corrected chi connectivity index (χ0v) is 27.0. The number of nitrogens with one attached hydrogen (secondary N) is 1. The molecule has 0 saturated carbocycles. The highest BCUT2D eigenvalue weighted by Gasteiger charge is 2.39. The average Bonchev–Trinajstić information content (AvgIpc) is 3.43. The van der Waals surface area contributed by atoms with Crippen molar-refractivity contribution in [3.8, 4) is 5.75 Å². The van der Waals surface area contributed by atoms with Gasteiger partial charge in [0.05, 0.1) is 24.1 Å². The van der Waals surface area contributed by atoms with E-state index in [1.165, 1.54) is 36.3 Å². The van der Waals surface area contributed by atoms with Crippen LogP contribution < -0.4 is 9.64 Å². The SMILES string of the molecule is COc1cc(C)c(S(=O)(=O)N(C)Cc2nc3c(C(=O)N4CCC5(CC4)CCN(c4ccncc4)CC5)c(F)ccc3[nH]2)c(C)c1. The molecule has 2 aromatic carbocycles. The van der Waals surface area contributed by atoms with Gasteiger partial charge in [-0.2, -0.15) is 4.31 Å². The van der Waals surface area contributed by atoms with Crippen LogP contribution in [0, 0.1) is 25.1 Å². The Kier molecular flexibility index (Phi) is 8.30. The molecule has 12 heteroatoms. The maximum atomic E-state index is 15.3. The number of H-pyrrole nitrogens is 1. The molecule has 2 aromatic heterocycles. The molecule has 238 valence electrons. The average molecular weight is 635 g/mol. The number of halogens is 1. The number of carbonyl (C=O) groups excluding carboxylic acids is 1. The number of piperidine rings is 2. The minimum Gasteiger partial charge on any atom is -0.497 e. The lowest BCUT2D eigenvalue weighted by atomic mass is 9.71. The number of aromatic nitrogens is 3. The van der Waals surface area contributed by atoms with Crippen LogP contribution in [0.2, 0.25) is 0 Å². The van der Waals surface area contributed by atoms with E-state index in [9.17, 15) is 13.2 Å². The Labute approximate surface area is 263 Å². The van der Waals surface area contributed by atoms with E-state index in [4.69, 9.17) is 4.74 Å². The fraction of sp³-hybridized carbons (Fsp3) is 0.424. The van der Waals surface area contributed by atoms with E-state index in [0.29, 0.717) is 41.3 Å². The smallest absolute Gasteiger partial charge is 0.259 e. The van der Waals surface area contributed by atoms with E-state index in [-0.39, 0.29) is 33.8 Å². The monoisotopic (exact) mass is 634 g/mol. The third-order valence-corrected chi connectivity index (χ3v) is 11.6. The first kappa shape index (κ1) is 31.0. The number of rotatable bonds is 7. The number of hydrogen-bond acceptors (Lipinski definition) is 7. The summed E-state index contributed by atoms with van der Waals surface area (Å²) in [7, 11) is -0.871. The first-order valence-corrected chi connectivity index (χ1v) is 16.7. The molecule has 45 heavy (non-hydrogen) atoms. The summed E-state index contributed by atoms with van der Waals surface area (Å²) in [4.78, 5) is 29.8. The number of nitrogens with zero attached hydrogens (tertiary/aromatic N) is 5. The number of methoxy groups -OCH3 is 1. The fourth-order valence-electron chi connectivity index (χ4n) is 6.90. The van der Waals surface area contributed by atoms with Crippen molar-refractivity contribution in [3.05, 3.63) is 77.1 Å². The highest BCUT2D eigenvalue weighted by atomic mass is 32.2. The quantitative estimate of drug-likeness (QED) is 0.302. The molecule has 1 amide bonds. The van der Waals surface area contributed by atoms with E-state index in [1.54, 1.807) is 30.9 Å². The van der Waals surface area contributed by atoms with Crippen molar-refractivity contribution < 1.29 is 22.3 Å². The van der Waals surface area contributed by atoms with Crippen LogP contribution in [-0.4, -0.2) is 78.8 Å². The van der Waals surface area contributed by atoms with Crippen LogP contribution >= 0.6 is 0 Å². The summed E-state index contributed by atoms with van der Waals surface area (Å²) in [6.45, 7) is 6.41. The van der Waals surface area contributed by atoms with Crippen molar-refractivity contribution in [2.24, 2.45) is 5.41 Å². The highest BCUT2D eigenvalue weighted by Crippen LogP contribution is 2.42. The second-order valence-electron chi connectivity index (χ2n) is 12.3. The van der Waals surface area contributed by atoms with Gasteiger partial charge in [0.1, 0.15) is 28.5 Å². The minimum absolute atomic E-state index is 0.0780. The molecule has 10 nitrogen and oxygen atoms in total. The Morgan fingerprint density at radius 3 is 2.27 bits per heavy atom. The van der Waals surface area contributed by atoms with E-state index in [0.717, 1.165) is 38.8 Å². The number of likely N-dealkylation sites (tertiary alicyclic amines) is 1. The zero-order valence-electron chi connectivity index (χ0n) is 26.1. The van der Waals surface area contributed by atoms with Gasteiger partial charge in [0.2, 0.25) is 10.0 Å². The number of fused-ring (bicyclic) bond motifs is 1. The van der Waals surface area contributed by atoms with Gasteiger partial charge in [0.25, 0.3) is 5.91 Å². The standard InChI is InChI=1S/C33H39FN6O4S/c1-22-19-25(44-4)20-23(2)31(22)45(42,43)38(3)21-28-36-27-6-5-26(34)29(30(27)37-28)32(41)40-17-11-33(12-18-40)9-15-39(16-10-33)24-7-13-35-14-8-24/h5-8,13-14,19-20H,9-12,15-18,21H2,1-4H3,(H,36,37). The van der Waals surface area contributed by atoms with Crippen LogP contribution in [0.15, 0.2) is 53.7 Å². The van der Waals surface area contributed by atoms with E-state index < -0.39 is 15.8 Å². The Morgan fingerprint density at radius 2 is 1.64 bits per heavy atom. The summed E-state index contributed by atoms with van der Waals surface area (Å²) in [6.07, 6.45) is 7.48. The molecule has 0 bridgehead atoms. The number of aryl methyl sites for hydroxylation is 2. The predicted octanol–water partition coefficient (Wildman–Crippen LogP) is 5.07. The number of aromatic amines is 1. The largest absolute Gasteiger partial charge is 0.497 e. The van der Waals surface area contributed by atoms with Crippen molar-refractivity contribution in [2.75, 3.05) is 45.2 Å². The van der Waals surface area contributed by atoms with Gasteiger partial charge < -0.3 is 19.5 Å². The summed E-state index contributed by atoms with van der Waals surface area (Å²) in [6, 6.07) is 10.2. The van der Waals surface area contributed by atoms with Gasteiger partial charge in [0, 0.05) is 51.3 Å². The number of anilines is 1. The summed E-state index contributed by atoms with van der Waals surface area (Å²) < 4.78 is 48.9. The minimum atomic E-state index is -3.88. The van der Waals surface area contributed by atoms with Gasteiger partial charge in [-0.1, -0.05) is 0 Å². The number of imidazole rings is 1. The number of ether oxygens (including phenoxy) is 1. The third kappa shape index (κ3) is 5.88. The van der Waals surface area contributed by atoms with Crippen molar-refractivity contribution in [2.45, 2.75) is 51.0 Å². The maximum absolute atomic E-state index is 15.3. The van der Waals surface area contributed by atoms with Crippen LogP contribution in [0.5, 0.6) is 5.75 Å². The lowest BCUT2D eigenvalue weighted by Gasteiger charge is -2.47. The van der Waals surface area contributed by atoms with Crippen LogP contribution in [0.25, 0.3) is 11.0 Å². The van der Waals surface area contributed by atoms with Crippen molar-refractivity contribution in [3.63, 3.8) is 0 Å². The number of carbonyl (C=O) groups is 1. The van der Waals surface area contributed by atoms with Crippen LogP contribution in [0.1, 0.15) is 53.0 Å². The molecule has 0 atom stereocenters. The van der Waals surface area contributed by atoms with E-state index in [1.807, 2.05) is 24.5 Å². The number of benzene rings is 2. The van der Waals surface area contributed by atoms with E-state index >= 15 is 4.39 Å². The van der Waals surface area contributed by atoms with Gasteiger partial charge >= 0.3 is 0 Å². The normalized spacial score (nSPS) is 16.9. The first-order valence-electron chi connectivity index (χ1n) is 15.2. The van der Waals surface area contributed by atoms with Gasteiger partial charge in [-0.15, -0.1) is 0 Å². The molecule has 4 aromatic rings. The molecule has 2 saturated heterocycles. The molecule has 4 heterocycles. The van der Waals surface area contributed by atoms with Gasteiger partial charge in [-0.3, -0.25) is 9.78 Å². The Bertz CT molecular complexity index is 1800. The summed E-state index contributed by atoms with van der Waals surface area (Å²) >= 11 is 0. The maximum Gasteiger partial charge on any atom is 0.259 e. The fourth-order valence-corrected chi connectivity index (χ4v) is 8.44. The first-order chi connectivity index (χ1) is 21.5. The second kappa shape index (κ2) is 12.1. The molecular weight excluding hydrogens is 595 g/mol. The zero-order chi connectivity index (χ0) is 31.9.